The molecule has 4 unspecified atom stereocenters. The average molecular weight is 645 g/mol. The number of hydrogen-bond donors (Lipinski definition) is 9. The average Bonchev–Trinajstić information content (AvgIpc) is 3.72. The van der Waals surface area contributed by atoms with Crippen molar-refractivity contribution < 1.29 is 24.3 Å². The normalized spacial score (nSPS) is 13.6. The van der Waals surface area contributed by atoms with Crippen LogP contribution in [0.3, 0.4) is 0 Å². The van der Waals surface area contributed by atoms with Gasteiger partial charge in [0.2, 0.25) is 17.7 Å². The number of benzene rings is 2. The van der Waals surface area contributed by atoms with E-state index in [0.717, 1.165) is 16.5 Å². The first-order valence-corrected chi connectivity index (χ1v) is 15.1. The Morgan fingerprint density at radius 2 is 1.51 bits per heavy atom. The van der Waals surface area contributed by atoms with E-state index in [1.54, 1.807) is 6.20 Å². The smallest absolute Gasteiger partial charge is 0.326 e. The Kier molecular flexibility index (Phi) is 12.0. The number of carboxylic acids is 1. The Morgan fingerprint density at radius 3 is 2.21 bits per heavy atom. The van der Waals surface area contributed by atoms with E-state index in [1.807, 2.05) is 54.6 Å². The van der Waals surface area contributed by atoms with E-state index in [-0.39, 0.29) is 38.2 Å². The lowest BCUT2D eigenvalue weighted by molar-refractivity contribution is -0.142. The summed E-state index contributed by atoms with van der Waals surface area (Å²) in [5, 5.41) is 18.8. The van der Waals surface area contributed by atoms with Crippen molar-refractivity contribution in [2.24, 2.45) is 22.2 Å². The number of nitrogens with one attached hydrogen (secondary N) is 5. The van der Waals surface area contributed by atoms with Crippen molar-refractivity contribution in [2.75, 3.05) is 6.54 Å². The fourth-order valence-corrected chi connectivity index (χ4v) is 5.10. The number of nitrogens with zero attached hydrogens (tertiary/aromatic N) is 2. The van der Waals surface area contributed by atoms with Crippen LogP contribution < -0.4 is 33.2 Å². The van der Waals surface area contributed by atoms with Crippen LogP contribution in [0.5, 0.6) is 0 Å². The van der Waals surface area contributed by atoms with Gasteiger partial charge in [0.05, 0.1) is 12.4 Å². The number of carboxylic acid groups (broad SMARTS) is 1. The van der Waals surface area contributed by atoms with Gasteiger partial charge in [-0.25, -0.2) is 9.78 Å². The molecule has 2 heterocycles. The lowest BCUT2D eigenvalue weighted by atomic mass is 10.0. The number of guanidine groups is 1. The molecular weight excluding hydrogens is 604 g/mol. The molecule has 0 saturated carbocycles. The van der Waals surface area contributed by atoms with E-state index >= 15 is 0 Å². The van der Waals surface area contributed by atoms with Crippen LogP contribution in [0.15, 0.2) is 78.3 Å². The predicted molar refractivity (Wildman–Crippen MR) is 176 cm³/mol. The van der Waals surface area contributed by atoms with Gasteiger partial charge in [0, 0.05) is 48.4 Å². The molecule has 0 spiro atoms. The summed E-state index contributed by atoms with van der Waals surface area (Å²) in [6.45, 7) is 0.199. The van der Waals surface area contributed by atoms with Crippen LogP contribution in [0.2, 0.25) is 0 Å². The minimum Gasteiger partial charge on any atom is -0.480 e. The van der Waals surface area contributed by atoms with Gasteiger partial charge >= 0.3 is 5.97 Å². The van der Waals surface area contributed by atoms with Gasteiger partial charge in [-0.2, -0.15) is 0 Å². The number of carbonyl (C=O) groups is 4. The molecule has 3 amide bonds. The summed E-state index contributed by atoms with van der Waals surface area (Å²) < 4.78 is 0. The molecule has 12 N–H and O–H groups in total. The van der Waals surface area contributed by atoms with Crippen LogP contribution in [0.4, 0.5) is 0 Å². The largest absolute Gasteiger partial charge is 0.480 e. The van der Waals surface area contributed by atoms with Gasteiger partial charge in [0.15, 0.2) is 5.96 Å². The fourth-order valence-electron chi connectivity index (χ4n) is 5.10. The van der Waals surface area contributed by atoms with E-state index < -0.39 is 47.9 Å². The van der Waals surface area contributed by atoms with Crippen LogP contribution in [0.1, 0.15) is 29.7 Å². The third-order valence-electron chi connectivity index (χ3n) is 7.54. The number of aliphatic imine (C=N–C) groups is 1. The number of para-hydroxylation sites is 1. The zero-order valence-electron chi connectivity index (χ0n) is 25.7. The number of aromatic nitrogens is 3. The molecule has 15 nitrogen and oxygen atoms in total. The molecule has 47 heavy (non-hydrogen) atoms. The lowest BCUT2D eigenvalue weighted by Gasteiger charge is -2.25. The van der Waals surface area contributed by atoms with E-state index in [0.29, 0.717) is 17.7 Å². The second-order valence-electron chi connectivity index (χ2n) is 11.1. The maximum absolute atomic E-state index is 13.7. The summed E-state index contributed by atoms with van der Waals surface area (Å²) >= 11 is 0. The van der Waals surface area contributed by atoms with Gasteiger partial charge in [0.1, 0.15) is 18.1 Å². The Balaban J connectivity index is 1.50. The molecule has 0 saturated heterocycles. The first-order valence-electron chi connectivity index (χ1n) is 15.1. The minimum absolute atomic E-state index is 0.00140. The highest BCUT2D eigenvalue weighted by Crippen LogP contribution is 2.19. The van der Waals surface area contributed by atoms with Crippen LogP contribution in [-0.2, 0) is 38.4 Å². The van der Waals surface area contributed by atoms with Gasteiger partial charge in [-0.3, -0.25) is 19.4 Å². The molecule has 0 aliphatic heterocycles. The molecule has 2 aromatic carbocycles. The van der Waals surface area contributed by atoms with Gasteiger partial charge < -0.3 is 48.2 Å². The highest BCUT2D eigenvalue weighted by Gasteiger charge is 2.31. The maximum Gasteiger partial charge on any atom is 0.326 e. The van der Waals surface area contributed by atoms with E-state index in [4.69, 9.17) is 17.2 Å². The number of amides is 3. The fraction of sp³-hybridized carbons (Fsp3) is 0.312. The van der Waals surface area contributed by atoms with Gasteiger partial charge in [0.25, 0.3) is 0 Å². The number of carbonyl (C=O) groups excluding carboxylic acids is 3. The van der Waals surface area contributed by atoms with Crippen molar-refractivity contribution in [1.29, 1.82) is 0 Å². The molecule has 2 aromatic heterocycles. The zero-order valence-corrected chi connectivity index (χ0v) is 25.7. The zero-order chi connectivity index (χ0) is 33.8. The van der Waals surface area contributed by atoms with Gasteiger partial charge in [-0.1, -0.05) is 48.5 Å². The number of imidazole rings is 1. The summed E-state index contributed by atoms with van der Waals surface area (Å²) in [7, 11) is 0. The van der Waals surface area contributed by atoms with Gasteiger partial charge in [-0.05, 0) is 36.5 Å². The van der Waals surface area contributed by atoms with Crippen molar-refractivity contribution in [3.63, 3.8) is 0 Å². The second-order valence-corrected chi connectivity index (χ2v) is 11.1. The number of H-pyrrole nitrogens is 2. The molecule has 0 fully saturated rings. The number of aromatic amines is 2. The topological polar surface area (TPSA) is 259 Å². The highest BCUT2D eigenvalue weighted by molar-refractivity contribution is 5.94. The lowest BCUT2D eigenvalue weighted by Crippen LogP contribution is -2.58. The predicted octanol–water partition coefficient (Wildman–Crippen LogP) is -0.161. The van der Waals surface area contributed by atoms with Crippen molar-refractivity contribution in [3.8, 4) is 0 Å². The molecule has 0 aliphatic carbocycles. The summed E-state index contributed by atoms with van der Waals surface area (Å²) in [4.78, 5) is 66.6. The number of hydrogen-bond acceptors (Lipinski definition) is 7. The summed E-state index contributed by atoms with van der Waals surface area (Å²) in [5.74, 6) is -3.32. The Morgan fingerprint density at radius 1 is 0.830 bits per heavy atom. The van der Waals surface area contributed by atoms with Gasteiger partial charge in [-0.15, -0.1) is 0 Å². The number of fused-ring (bicyclic) bond motifs is 1. The molecule has 4 rings (SSSR count). The molecule has 0 radical (unpaired) electrons. The second kappa shape index (κ2) is 16.6. The van der Waals surface area contributed by atoms with Crippen LogP contribution in [0.25, 0.3) is 10.9 Å². The standard InChI is InChI=1S/C32H40N10O5/c33-23(13-19-7-2-1-3-8-19)28(43)40-25(11-6-12-37-32(34)35)29(44)41-26(15-21-17-36-18-39-21)30(45)42-27(31(46)47)14-20-16-38-24-10-5-4-9-22(20)24/h1-5,7-10,16-18,23,25-27,38H,6,11-15,33H2,(H,36,39)(H,40,43)(H,41,44)(H,42,45)(H,46,47)(H4,34,35,37). The third-order valence-corrected chi connectivity index (χ3v) is 7.54. The molecular formula is C32H40N10O5. The number of aliphatic carboxylic acids is 1. The third kappa shape index (κ3) is 10.2. The van der Waals surface area contributed by atoms with E-state index in [1.165, 1.54) is 12.5 Å². The summed E-state index contributed by atoms with van der Waals surface area (Å²) in [6.07, 6.45) is 5.28. The van der Waals surface area contributed by atoms with Crippen molar-refractivity contribution in [1.82, 2.24) is 30.9 Å². The summed E-state index contributed by atoms with van der Waals surface area (Å²) in [6, 6.07) is 12.1. The Bertz CT molecular complexity index is 1670. The van der Waals surface area contributed by atoms with E-state index in [9.17, 15) is 24.3 Å². The first-order chi connectivity index (χ1) is 22.6. The molecule has 0 bridgehead atoms. The Labute approximate surface area is 270 Å². The van der Waals surface area contributed by atoms with Crippen LogP contribution >= 0.6 is 0 Å². The van der Waals surface area contributed by atoms with E-state index in [2.05, 4.69) is 35.9 Å². The Hall–Kier alpha value is -5.70. The quantitative estimate of drug-likeness (QED) is 0.0419. The number of nitrogens with two attached hydrogens (primary N) is 3. The highest BCUT2D eigenvalue weighted by atomic mass is 16.4. The maximum atomic E-state index is 13.7. The van der Waals surface area contributed by atoms with Crippen molar-refractivity contribution in [2.45, 2.75) is 56.3 Å². The summed E-state index contributed by atoms with van der Waals surface area (Å²) in [5.41, 5.74) is 19.9. The molecule has 4 atom stereocenters. The SMILES string of the molecule is NC(N)=NCCCC(NC(=O)C(N)Cc1ccccc1)C(=O)NC(Cc1cnc[nH]1)C(=O)NC(Cc1c[nH]c2ccccc12)C(=O)O. The molecule has 4 aromatic rings. The minimum atomic E-state index is -1.30. The first kappa shape index (κ1) is 34.2. The molecule has 248 valence electrons. The van der Waals surface area contributed by atoms with Crippen molar-refractivity contribution >= 4 is 40.6 Å². The van der Waals surface area contributed by atoms with Crippen LogP contribution in [-0.4, -0.2) is 80.4 Å². The molecule has 0 aliphatic rings. The molecule has 15 heteroatoms. The van der Waals surface area contributed by atoms with Crippen LogP contribution in [0, 0.1) is 0 Å². The number of rotatable bonds is 17. The van der Waals surface area contributed by atoms with Crippen molar-refractivity contribution in [3.05, 3.63) is 90.1 Å². The monoisotopic (exact) mass is 644 g/mol.